The van der Waals surface area contributed by atoms with Crippen LogP contribution in [0.1, 0.15) is 31.6 Å². The molecule has 0 atom stereocenters. The topological polar surface area (TPSA) is 63.4 Å². The van der Waals surface area contributed by atoms with Crippen LogP contribution in [0, 0.1) is 6.92 Å². The van der Waals surface area contributed by atoms with Gasteiger partial charge in [-0.05, 0) is 37.1 Å². The van der Waals surface area contributed by atoms with E-state index >= 15 is 0 Å². The molecule has 0 aliphatic carbocycles. The summed E-state index contributed by atoms with van der Waals surface area (Å²) in [6.45, 7) is 3.25. The van der Waals surface area contributed by atoms with Gasteiger partial charge in [0.25, 0.3) is 0 Å². The molecule has 2 aromatic rings. The number of hydrogen-bond acceptors (Lipinski definition) is 5. The predicted molar refractivity (Wildman–Crippen MR) is 88.8 cm³/mol. The van der Waals surface area contributed by atoms with Crippen molar-refractivity contribution in [1.82, 2.24) is 4.98 Å². The third-order valence-corrected chi connectivity index (χ3v) is 5.88. The lowest BCUT2D eigenvalue weighted by Crippen LogP contribution is -2.25. The van der Waals surface area contributed by atoms with Gasteiger partial charge >= 0.3 is 0 Å². The van der Waals surface area contributed by atoms with Crippen LogP contribution in [0.4, 0.5) is 5.88 Å². The van der Waals surface area contributed by atoms with Crippen LogP contribution in [0.15, 0.2) is 38.6 Å². The van der Waals surface area contributed by atoms with Crippen molar-refractivity contribution >= 4 is 27.3 Å². The number of anilines is 1. The number of rotatable bonds is 3. The van der Waals surface area contributed by atoms with Crippen molar-refractivity contribution in [1.29, 1.82) is 0 Å². The van der Waals surface area contributed by atoms with Gasteiger partial charge in [-0.3, -0.25) is 0 Å². The smallest absolute Gasteiger partial charge is 0.236 e. The van der Waals surface area contributed by atoms with E-state index in [4.69, 9.17) is 16.0 Å². The Kier molecular flexibility index (Phi) is 4.64. The van der Waals surface area contributed by atoms with E-state index in [-0.39, 0.29) is 9.92 Å². The Labute approximate surface area is 141 Å². The average Bonchev–Trinajstić information content (AvgIpc) is 2.74. The molecule has 2 heterocycles. The van der Waals surface area contributed by atoms with Gasteiger partial charge in [0.15, 0.2) is 5.89 Å². The van der Waals surface area contributed by atoms with Crippen LogP contribution in [-0.4, -0.2) is 26.5 Å². The van der Waals surface area contributed by atoms with E-state index in [2.05, 4.69) is 4.98 Å². The molecular weight excluding hydrogens is 336 g/mol. The number of sulfone groups is 1. The number of hydrogen-bond donors (Lipinski definition) is 0. The van der Waals surface area contributed by atoms with Gasteiger partial charge in [-0.15, -0.1) is 0 Å². The summed E-state index contributed by atoms with van der Waals surface area (Å²) in [4.78, 5) is 6.33. The third-order valence-electron chi connectivity index (χ3n) is 3.96. The molecule has 124 valence electrons. The monoisotopic (exact) mass is 354 g/mol. The number of aromatic nitrogens is 1. The lowest BCUT2D eigenvalue weighted by atomic mass is 10.2. The summed E-state index contributed by atoms with van der Waals surface area (Å²) in [6, 6.07) is 6.11. The summed E-state index contributed by atoms with van der Waals surface area (Å²) >= 11 is 5.85. The fraction of sp³-hybridized carbons (Fsp3) is 0.438. The van der Waals surface area contributed by atoms with Crippen molar-refractivity contribution in [3.8, 4) is 0 Å². The predicted octanol–water partition coefficient (Wildman–Crippen LogP) is 3.85. The molecule has 23 heavy (non-hydrogen) atoms. The molecule has 0 N–H and O–H groups in total. The van der Waals surface area contributed by atoms with Gasteiger partial charge in [-0.1, -0.05) is 24.4 Å². The Bertz CT molecular complexity index is 776. The second-order valence-electron chi connectivity index (χ2n) is 5.70. The van der Waals surface area contributed by atoms with E-state index in [1.165, 1.54) is 12.1 Å². The highest BCUT2D eigenvalue weighted by atomic mass is 35.5. The Morgan fingerprint density at radius 3 is 2.30 bits per heavy atom. The van der Waals surface area contributed by atoms with Crippen LogP contribution in [0.25, 0.3) is 0 Å². The summed E-state index contributed by atoms with van der Waals surface area (Å²) in [5, 5.41) is 0.493. The van der Waals surface area contributed by atoms with Crippen LogP contribution in [0.5, 0.6) is 0 Å². The summed E-state index contributed by atoms with van der Waals surface area (Å²) in [7, 11) is -3.73. The molecule has 1 aromatic carbocycles. The largest absolute Gasteiger partial charge is 0.424 e. The maximum atomic E-state index is 12.9. The molecule has 0 spiro atoms. The summed E-state index contributed by atoms with van der Waals surface area (Å²) in [6.07, 6.45) is 4.37. The second kappa shape index (κ2) is 6.53. The number of benzene rings is 1. The highest BCUT2D eigenvalue weighted by Crippen LogP contribution is 2.32. The third kappa shape index (κ3) is 3.38. The van der Waals surface area contributed by atoms with Crippen LogP contribution in [0.3, 0.4) is 0 Å². The normalized spacial score (nSPS) is 16.3. The molecule has 1 aromatic heterocycles. The van der Waals surface area contributed by atoms with E-state index in [1.54, 1.807) is 19.1 Å². The van der Waals surface area contributed by atoms with E-state index in [1.807, 2.05) is 4.90 Å². The second-order valence-corrected chi connectivity index (χ2v) is 8.00. The van der Waals surface area contributed by atoms with E-state index < -0.39 is 9.84 Å². The van der Waals surface area contributed by atoms with Crippen molar-refractivity contribution in [3.05, 3.63) is 35.2 Å². The molecule has 1 aliphatic rings. The molecule has 0 bridgehead atoms. The maximum absolute atomic E-state index is 12.9. The molecule has 3 rings (SSSR count). The minimum atomic E-state index is -3.73. The number of halogens is 1. The molecule has 1 aliphatic heterocycles. The number of aryl methyl sites for hydroxylation is 1. The van der Waals surface area contributed by atoms with Gasteiger partial charge in [-0.25, -0.2) is 8.42 Å². The zero-order chi connectivity index (χ0) is 16.4. The van der Waals surface area contributed by atoms with E-state index in [9.17, 15) is 8.42 Å². The Balaban J connectivity index is 2.03. The average molecular weight is 355 g/mol. The highest BCUT2D eigenvalue weighted by molar-refractivity contribution is 7.91. The molecule has 1 fully saturated rings. The minimum Gasteiger partial charge on any atom is -0.424 e. The van der Waals surface area contributed by atoms with Crippen LogP contribution in [0.2, 0.25) is 5.02 Å². The molecule has 0 amide bonds. The SMILES string of the molecule is Cc1nc(S(=O)(=O)c2ccc(Cl)cc2)c(N2CCCCCC2)o1. The van der Waals surface area contributed by atoms with E-state index in [0.29, 0.717) is 16.8 Å². The van der Waals surface area contributed by atoms with Crippen LogP contribution >= 0.6 is 11.6 Å². The summed E-state index contributed by atoms with van der Waals surface area (Å²) < 4.78 is 31.5. The Morgan fingerprint density at radius 2 is 1.70 bits per heavy atom. The first-order valence-electron chi connectivity index (χ1n) is 7.71. The first-order valence-corrected chi connectivity index (χ1v) is 9.57. The fourth-order valence-corrected chi connectivity index (χ4v) is 4.26. The molecule has 0 unspecified atom stereocenters. The molecule has 0 saturated carbocycles. The summed E-state index contributed by atoms with van der Waals surface area (Å²) in [5.74, 6) is 0.719. The first-order chi connectivity index (χ1) is 11.0. The van der Waals surface area contributed by atoms with Crippen LogP contribution in [-0.2, 0) is 9.84 Å². The van der Waals surface area contributed by atoms with Gasteiger partial charge in [0.1, 0.15) is 0 Å². The van der Waals surface area contributed by atoms with Gasteiger partial charge in [0.2, 0.25) is 20.7 Å². The minimum absolute atomic E-state index is 0.000720. The Morgan fingerprint density at radius 1 is 1.09 bits per heavy atom. The van der Waals surface area contributed by atoms with Gasteiger partial charge in [0.05, 0.1) is 4.90 Å². The number of oxazole rings is 1. The molecule has 0 radical (unpaired) electrons. The van der Waals surface area contributed by atoms with Crippen LogP contribution < -0.4 is 4.90 Å². The highest BCUT2D eigenvalue weighted by Gasteiger charge is 2.30. The zero-order valence-electron chi connectivity index (χ0n) is 13.0. The van der Waals surface area contributed by atoms with Crippen molar-refractivity contribution in [3.63, 3.8) is 0 Å². The van der Waals surface area contributed by atoms with Crippen molar-refractivity contribution < 1.29 is 12.8 Å². The van der Waals surface area contributed by atoms with Gasteiger partial charge in [-0.2, -0.15) is 4.98 Å². The molecule has 7 heteroatoms. The molecule has 5 nitrogen and oxygen atoms in total. The zero-order valence-corrected chi connectivity index (χ0v) is 14.5. The van der Waals surface area contributed by atoms with E-state index in [0.717, 1.165) is 38.8 Å². The summed E-state index contributed by atoms with van der Waals surface area (Å²) in [5.41, 5.74) is 0. The standard InChI is InChI=1S/C16H19ClN2O3S/c1-12-18-15(16(22-12)19-10-4-2-3-5-11-19)23(20,21)14-8-6-13(17)7-9-14/h6-9H,2-5,10-11H2,1H3. The first kappa shape index (κ1) is 16.3. The van der Waals surface area contributed by atoms with Crippen molar-refractivity contribution in [2.75, 3.05) is 18.0 Å². The lowest BCUT2D eigenvalue weighted by Gasteiger charge is -2.20. The number of nitrogens with zero attached hydrogens (tertiary/aromatic N) is 2. The van der Waals surface area contributed by atoms with Crippen molar-refractivity contribution in [2.45, 2.75) is 42.5 Å². The van der Waals surface area contributed by atoms with Gasteiger partial charge in [0, 0.05) is 25.0 Å². The van der Waals surface area contributed by atoms with Gasteiger partial charge < -0.3 is 9.32 Å². The Hall–Kier alpha value is -1.53. The maximum Gasteiger partial charge on any atom is 0.236 e. The fourth-order valence-electron chi connectivity index (χ4n) is 2.77. The molecule has 1 saturated heterocycles. The van der Waals surface area contributed by atoms with Crippen molar-refractivity contribution in [2.24, 2.45) is 0 Å². The quantitative estimate of drug-likeness (QED) is 0.837. The molecular formula is C16H19ClN2O3S. The lowest BCUT2D eigenvalue weighted by molar-refractivity contribution is 0.504.